The van der Waals surface area contributed by atoms with Gasteiger partial charge in [0.25, 0.3) is 0 Å². The number of hydrazone groups is 1. The monoisotopic (exact) mass is 405 g/mol. The number of thiocarbonyl (C=S) groups is 1. The normalized spacial score (nSPS) is 10.3. The van der Waals surface area contributed by atoms with E-state index in [0.717, 1.165) is 11.3 Å². The lowest BCUT2D eigenvalue weighted by Crippen LogP contribution is -2.23. The molecule has 0 atom stereocenters. The van der Waals surface area contributed by atoms with E-state index in [1.807, 2.05) is 6.07 Å². The molecule has 0 saturated carbocycles. The van der Waals surface area contributed by atoms with E-state index in [4.69, 9.17) is 35.9 Å². The molecule has 0 aliphatic rings. The van der Waals surface area contributed by atoms with Crippen molar-refractivity contribution in [2.45, 2.75) is 0 Å². The zero-order valence-electron chi connectivity index (χ0n) is 16.4. The highest BCUT2D eigenvalue weighted by Gasteiger charge is 2.12. The lowest BCUT2D eigenvalue weighted by atomic mass is 10.2. The first-order valence-corrected chi connectivity index (χ1v) is 8.59. The summed E-state index contributed by atoms with van der Waals surface area (Å²) in [5.41, 5.74) is 4.23. The molecule has 0 amide bonds. The maximum atomic E-state index is 5.32. The van der Waals surface area contributed by atoms with E-state index in [1.165, 1.54) is 0 Å². The highest BCUT2D eigenvalue weighted by Crippen LogP contribution is 2.37. The molecule has 28 heavy (non-hydrogen) atoms. The quantitative estimate of drug-likeness (QED) is 0.394. The molecule has 0 aliphatic heterocycles. The van der Waals surface area contributed by atoms with Crippen molar-refractivity contribution in [1.29, 1.82) is 0 Å². The summed E-state index contributed by atoms with van der Waals surface area (Å²) in [6.07, 6.45) is 1.59. The van der Waals surface area contributed by atoms with Crippen molar-refractivity contribution in [3.8, 4) is 28.7 Å². The third-order valence-corrected chi connectivity index (χ3v) is 3.90. The number of anilines is 1. The van der Waals surface area contributed by atoms with Crippen molar-refractivity contribution in [3.63, 3.8) is 0 Å². The maximum absolute atomic E-state index is 5.32. The zero-order valence-corrected chi connectivity index (χ0v) is 17.2. The third kappa shape index (κ3) is 5.17. The van der Waals surface area contributed by atoms with E-state index in [9.17, 15) is 0 Å². The van der Waals surface area contributed by atoms with Gasteiger partial charge in [-0.3, -0.25) is 5.43 Å². The van der Waals surface area contributed by atoms with Gasteiger partial charge in [-0.15, -0.1) is 0 Å². The van der Waals surface area contributed by atoms with Crippen molar-refractivity contribution in [2.24, 2.45) is 5.10 Å². The predicted molar refractivity (Wildman–Crippen MR) is 113 cm³/mol. The summed E-state index contributed by atoms with van der Waals surface area (Å²) in [7, 11) is 7.81. The lowest BCUT2D eigenvalue weighted by molar-refractivity contribution is 0.324. The van der Waals surface area contributed by atoms with E-state index in [1.54, 1.807) is 66.0 Å². The molecular formula is C19H23N3O5S. The van der Waals surface area contributed by atoms with E-state index in [-0.39, 0.29) is 0 Å². The van der Waals surface area contributed by atoms with Crippen LogP contribution in [0.1, 0.15) is 5.56 Å². The summed E-state index contributed by atoms with van der Waals surface area (Å²) in [4.78, 5) is 0. The molecule has 0 spiro atoms. The van der Waals surface area contributed by atoms with Crippen molar-refractivity contribution < 1.29 is 23.7 Å². The Bertz CT molecular complexity index is 832. The standard InChI is InChI=1S/C19H23N3O5S/c1-23-14-7-6-13(10-15(14)24-2)21-19(28)22-20-11-12-8-16(25-3)18(27-5)17(9-12)26-4/h6-11H,1-5H3,(H2,21,22,28)/b20-11-. The minimum atomic E-state index is 0.316. The van der Waals surface area contributed by atoms with Crippen LogP contribution in [0.2, 0.25) is 0 Å². The topological polar surface area (TPSA) is 82.6 Å². The maximum Gasteiger partial charge on any atom is 0.203 e. The SMILES string of the molecule is COc1ccc(NC(=S)N/N=C\c2cc(OC)c(OC)c(OC)c2)cc1OC. The first-order valence-electron chi connectivity index (χ1n) is 8.18. The molecule has 2 N–H and O–H groups in total. The second-order valence-electron chi connectivity index (χ2n) is 5.35. The molecule has 0 fully saturated rings. The Morgan fingerprint density at radius 3 is 1.96 bits per heavy atom. The van der Waals surface area contributed by atoms with E-state index < -0.39 is 0 Å². The van der Waals surface area contributed by atoms with Crippen LogP contribution in [0.4, 0.5) is 5.69 Å². The van der Waals surface area contributed by atoms with E-state index in [0.29, 0.717) is 33.9 Å². The highest BCUT2D eigenvalue weighted by atomic mass is 32.1. The molecule has 2 aromatic rings. The van der Waals surface area contributed by atoms with Gasteiger partial charge in [0.15, 0.2) is 28.1 Å². The number of rotatable bonds is 8. The Balaban J connectivity index is 2.05. The largest absolute Gasteiger partial charge is 0.493 e. The summed E-state index contributed by atoms with van der Waals surface area (Å²) in [5, 5.41) is 7.47. The first-order chi connectivity index (χ1) is 13.6. The van der Waals surface area contributed by atoms with Crippen LogP contribution in [0.3, 0.4) is 0 Å². The van der Waals surface area contributed by atoms with E-state index >= 15 is 0 Å². The predicted octanol–water partition coefficient (Wildman–Crippen LogP) is 3.05. The van der Waals surface area contributed by atoms with Crippen LogP contribution in [-0.2, 0) is 0 Å². The molecule has 0 bridgehead atoms. The Hall–Kier alpha value is -3.20. The van der Waals surface area contributed by atoms with Crippen molar-refractivity contribution in [2.75, 3.05) is 40.9 Å². The molecule has 0 heterocycles. The van der Waals surface area contributed by atoms with Crippen LogP contribution in [0, 0.1) is 0 Å². The number of hydrogen-bond donors (Lipinski definition) is 2. The smallest absolute Gasteiger partial charge is 0.203 e. The number of nitrogens with one attached hydrogen (secondary N) is 2. The van der Waals surface area contributed by atoms with Gasteiger partial charge in [-0.25, -0.2) is 0 Å². The summed E-state index contributed by atoms with van der Waals surface area (Å²) in [5.74, 6) is 2.81. The minimum Gasteiger partial charge on any atom is -0.493 e. The van der Waals surface area contributed by atoms with Gasteiger partial charge < -0.3 is 29.0 Å². The summed E-state index contributed by atoms with van der Waals surface area (Å²) >= 11 is 5.25. The fourth-order valence-electron chi connectivity index (χ4n) is 2.41. The molecule has 150 valence electrons. The van der Waals surface area contributed by atoms with Gasteiger partial charge in [-0.1, -0.05) is 0 Å². The van der Waals surface area contributed by atoms with Gasteiger partial charge in [0, 0.05) is 17.3 Å². The van der Waals surface area contributed by atoms with Crippen LogP contribution < -0.4 is 34.4 Å². The van der Waals surface area contributed by atoms with Crippen molar-refractivity contribution >= 4 is 29.2 Å². The molecule has 9 heteroatoms. The Kier molecular flexibility index (Phi) is 7.70. The van der Waals surface area contributed by atoms with Crippen LogP contribution >= 0.6 is 12.2 Å². The van der Waals surface area contributed by atoms with Crippen LogP contribution in [0.15, 0.2) is 35.4 Å². The van der Waals surface area contributed by atoms with E-state index in [2.05, 4.69) is 15.8 Å². The van der Waals surface area contributed by atoms with Crippen LogP contribution in [-0.4, -0.2) is 46.9 Å². The zero-order chi connectivity index (χ0) is 20.5. The highest BCUT2D eigenvalue weighted by molar-refractivity contribution is 7.80. The fourth-order valence-corrected chi connectivity index (χ4v) is 2.58. The van der Waals surface area contributed by atoms with Crippen molar-refractivity contribution in [3.05, 3.63) is 35.9 Å². The molecule has 8 nitrogen and oxygen atoms in total. The molecule has 0 aliphatic carbocycles. The first kappa shape index (κ1) is 21.1. The summed E-state index contributed by atoms with van der Waals surface area (Å²) in [6, 6.07) is 8.92. The Labute approximate surface area is 169 Å². The van der Waals surface area contributed by atoms with Crippen molar-refractivity contribution in [1.82, 2.24) is 5.43 Å². The fraction of sp³-hybridized carbons (Fsp3) is 0.263. The lowest BCUT2D eigenvalue weighted by Gasteiger charge is -2.13. The molecule has 2 aromatic carbocycles. The molecule has 0 radical (unpaired) electrons. The number of methoxy groups -OCH3 is 5. The number of hydrogen-bond acceptors (Lipinski definition) is 7. The molecule has 0 unspecified atom stereocenters. The second kappa shape index (κ2) is 10.2. The molecule has 0 aromatic heterocycles. The Morgan fingerprint density at radius 2 is 1.43 bits per heavy atom. The van der Waals surface area contributed by atoms with Gasteiger partial charge in [0.05, 0.1) is 41.8 Å². The Morgan fingerprint density at radius 1 is 0.821 bits per heavy atom. The molecular weight excluding hydrogens is 382 g/mol. The van der Waals surface area contributed by atoms with Crippen LogP contribution in [0.25, 0.3) is 0 Å². The van der Waals surface area contributed by atoms with Gasteiger partial charge in [0.1, 0.15) is 0 Å². The number of ether oxygens (including phenoxy) is 5. The average molecular weight is 405 g/mol. The second-order valence-corrected chi connectivity index (χ2v) is 5.76. The number of benzene rings is 2. The molecule has 2 rings (SSSR count). The van der Waals surface area contributed by atoms with Crippen LogP contribution in [0.5, 0.6) is 28.7 Å². The van der Waals surface area contributed by atoms with Gasteiger partial charge >= 0.3 is 0 Å². The minimum absolute atomic E-state index is 0.316. The summed E-state index contributed by atoms with van der Waals surface area (Å²) in [6.45, 7) is 0. The number of nitrogens with zero attached hydrogens (tertiary/aromatic N) is 1. The van der Waals surface area contributed by atoms with Gasteiger partial charge in [-0.2, -0.15) is 5.10 Å². The van der Waals surface area contributed by atoms with Gasteiger partial charge in [0.2, 0.25) is 5.75 Å². The third-order valence-electron chi connectivity index (χ3n) is 3.71. The summed E-state index contributed by atoms with van der Waals surface area (Å²) < 4.78 is 26.4. The molecule has 0 saturated heterocycles. The van der Waals surface area contributed by atoms with Gasteiger partial charge in [-0.05, 0) is 36.5 Å². The average Bonchev–Trinajstić information content (AvgIpc) is 2.72.